The van der Waals surface area contributed by atoms with Crippen LogP contribution < -0.4 is 14.8 Å². The maximum atomic E-state index is 14.0. The van der Waals surface area contributed by atoms with E-state index in [0.717, 1.165) is 16.0 Å². The Morgan fingerprint density at radius 1 is 1.21 bits per heavy atom. The lowest BCUT2D eigenvalue weighted by atomic mass is 9.76. The maximum Gasteiger partial charge on any atom is 0.239 e. The smallest absolute Gasteiger partial charge is 0.239 e. The first-order valence-corrected chi connectivity index (χ1v) is 11.0. The van der Waals surface area contributed by atoms with Crippen molar-refractivity contribution in [3.05, 3.63) is 69.7 Å². The lowest BCUT2D eigenvalue weighted by Crippen LogP contribution is -2.62. The molecule has 1 unspecified atom stereocenters. The molecule has 33 heavy (non-hydrogen) atoms. The minimum absolute atomic E-state index is 0.00744. The number of nitrogens with zero attached hydrogens (tertiary/aromatic N) is 2. The number of amides is 1. The third kappa shape index (κ3) is 3.39. The Kier molecular flexibility index (Phi) is 4.83. The van der Waals surface area contributed by atoms with Crippen molar-refractivity contribution < 1.29 is 18.7 Å². The molecule has 1 aromatic heterocycles. The van der Waals surface area contributed by atoms with Crippen LogP contribution in [0.4, 0.5) is 4.39 Å². The minimum atomic E-state index is -0.942. The van der Waals surface area contributed by atoms with Gasteiger partial charge < -0.3 is 14.8 Å². The van der Waals surface area contributed by atoms with E-state index in [2.05, 4.69) is 5.32 Å². The molecule has 0 saturated carbocycles. The highest BCUT2D eigenvalue weighted by Gasteiger charge is 2.49. The summed E-state index contributed by atoms with van der Waals surface area (Å²) in [4.78, 5) is 15.5. The topological polar surface area (TPSA) is 98.4 Å². The summed E-state index contributed by atoms with van der Waals surface area (Å²) in [7, 11) is 1.56. The van der Waals surface area contributed by atoms with Crippen molar-refractivity contribution in [2.75, 3.05) is 13.8 Å². The number of nitriles is 1. The Morgan fingerprint density at radius 2 is 2.00 bits per heavy atom. The van der Waals surface area contributed by atoms with Crippen LogP contribution in [-0.2, 0) is 10.3 Å². The van der Waals surface area contributed by atoms with Gasteiger partial charge in [-0.15, -0.1) is 11.3 Å². The van der Waals surface area contributed by atoms with Gasteiger partial charge in [-0.2, -0.15) is 5.26 Å². The SMILES string of the molecule is CN1C(=N)N[C@](C)(c2cc(-c3cc(F)cc(C#N)c3)cs2)C(c2ccc3c(c2)OCO3)C1=O. The van der Waals surface area contributed by atoms with Gasteiger partial charge in [0, 0.05) is 11.9 Å². The number of hydrogen-bond acceptors (Lipinski definition) is 6. The Morgan fingerprint density at radius 3 is 2.79 bits per heavy atom. The average molecular weight is 463 g/mol. The molecule has 1 amide bonds. The van der Waals surface area contributed by atoms with Gasteiger partial charge in [0.15, 0.2) is 17.5 Å². The Balaban J connectivity index is 1.60. The van der Waals surface area contributed by atoms with E-state index in [-0.39, 0.29) is 24.2 Å². The van der Waals surface area contributed by atoms with Gasteiger partial charge in [0.25, 0.3) is 0 Å². The fourth-order valence-corrected chi connectivity index (χ4v) is 5.37. The number of ether oxygens (including phenoxy) is 2. The monoisotopic (exact) mass is 462 g/mol. The molecule has 0 radical (unpaired) electrons. The Hall–Kier alpha value is -3.90. The summed E-state index contributed by atoms with van der Waals surface area (Å²) >= 11 is 1.41. The quantitative estimate of drug-likeness (QED) is 0.609. The number of benzene rings is 2. The van der Waals surface area contributed by atoms with E-state index in [1.54, 1.807) is 25.2 Å². The number of rotatable bonds is 3. The Bertz CT molecular complexity index is 1350. The van der Waals surface area contributed by atoms with Crippen LogP contribution >= 0.6 is 11.3 Å². The van der Waals surface area contributed by atoms with Crippen molar-refractivity contribution in [3.63, 3.8) is 0 Å². The van der Waals surface area contributed by atoms with Crippen molar-refractivity contribution in [2.45, 2.75) is 18.4 Å². The Labute approximate surface area is 193 Å². The third-order valence-corrected chi connectivity index (χ3v) is 7.24. The summed E-state index contributed by atoms with van der Waals surface area (Å²) in [6.07, 6.45) is 0. The summed E-state index contributed by atoms with van der Waals surface area (Å²) in [6.45, 7) is 2.01. The molecular weight excluding hydrogens is 443 g/mol. The van der Waals surface area contributed by atoms with Crippen molar-refractivity contribution in [1.82, 2.24) is 10.2 Å². The lowest BCUT2D eigenvalue weighted by molar-refractivity contribution is -0.131. The van der Waals surface area contributed by atoms with Gasteiger partial charge in [-0.1, -0.05) is 6.07 Å². The highest BCUT2D eigenvalue weighted by Crippen LogP contribution is 2.46. The second kappa shape index (κ2) is 7.60. The van der Waals surface area contributed by atoms with Crippen molar-refractivity contribution in [2.24, 2.45) is 0 Å². The molecule has 5 rings (SSSR count). The van der Waals surface area contributed by atoms with Gasteiger partial charge in [0.1, 0.15) is 5.82 Å². The first-order valence-electron chi connectivity index (χ1n) is 10.1. The average Bonchev–Trinajstić information content (AvgIpc) is 3.47. The van der Waals surface area contributed by atoms with Crippen LogP contribution in [0.1, 0.15) is 28.8 Å². The van der Waals surface area contributed by atoms with Crippen molar-refractivity contribution >= 4 is 23.2 Å². The largest absolute Gasteiger partial charge is 0.454 e. The fourth-order valence-electron chi connectivity index (χ4n) is 4.31. The zero-order valence-electron chi connectivity index (χ0n) is 17.8. The molecule has 3 heterocycles. The zero-order valence-corrected chi connectivity index (χ0v) is 18.6. The third-order valence-electron chi connectivity index (χ3n) is 6.07. The van der Waals surface area contributed by atoms with E-state index in [1.807, 2.05) is 30.5 Å². The standard InChI is InChI=1S/C24H19FN4O3S/c1-24(20-9-16(11-33-20)15-5-13(10-26)6-17(25)7-15)21(22(30)29(2)23(27)28-24)14-3-4-18-19(8-14)32-12-31-18/h3-9,11,21H,12H2,1-2H3,(H2,27,28)/t21?,24-/m1/s1. The molecule has 2 aromatic carbocycles. The van der Waals surface area contributed by atoms with Crippen LogP contribution in [0.15, 0.2) is 47.8 Å². The number of nitrogens with one attached hydrogen (secondary N) is 2. The molecule has 0 bridgehead atoms. The van der Waals surface area contributed by atoms with Crippen LogP contribution in [0.2, 0.25) is 0 Å². The molecule has 2 aliphatic heterocycles. The van der Waals surface area contributed by atoms with E-state index >= 15 is 0 Å². The molecule has 1 saturated heterocycles. The van der Waals surface area contributed by atoms with Gasteiger partial charge in [-0.3, -0.25) is 15.1 Å². The lowest BCUT2D eigenvalue weighted by Gasteiger charge is -2.45. The van der Waals surface area contributed by atoms with Crippen LogP contribution in [0, 0.1) is 22.6 Å². The second-order valence-corrected chi connectivity index (χ2v) is 9.07. The normalized spacial score (nSPS) is 21.6. The number of hydrogen-bond donors (Lipinski definition) is 2. The maximum absolute atomic E-state index is 14.0. The van der Waals surface area contributed by atoms with Gasteiger partial charge >= 0.3 is 0 Å². The fraction of sp³-hybridized carbons (Fsp3) is 0.208. The number of fused-ring (bicyclic) bond motifs is 1. The summed E-state index contributed by atoms with van der Waals surface area (Å²) in [5, 5.41) is 22.6. The van der Waals surface area contributed by atoms with Crippen molar-refractivity contribution in [3.8, 4) is 28.7 Å². The molecule has 3 aromatic rings. The molecule has 0 aliphatic carbocycles. The number of carbonyl (C=O) groups is 1. The van der Waals surface area contributed by atoms with E-state index in [1.165, 1.54) is 28.4 Å². The molecule has 0 spiro atoms. The van der Waals surface area contributed by atoms with Crippen LogP contribution in [0.3, 0.4) is 0 Å². The number of thiophene rings is 1. The first-order chi connectivity index (χ1) is 15.8. The van der Waals surface area contributed by atoms with Crippen LogP contribution in [0.5, 0.6) is 11.5 Å². The van der Waals surface area contributed by atoms with Gasteiger partial charge in [-0.25, -0.2) is 4.39 Å². The molecule has 9 heteroatoms. The molecule has 2 N–H and O–H groups in total. The van der Waals surface area contributed by atoms with E-state index in [9.17, 15) is 14.4 Å². The second-order valence-electron chi connectivity index (χ2n) is 8.16. The molecule has 7 nitrogen and oxygen atoms in total. The number of carbonyl (C=O) groups excluding carboxylic acids is 1. The summed E-state index contributed by atoms with van der Waals surface area (Å²) < 4.78 is 24.9. The summed E-state index contributed by atoms with van der Waals surface area (Å²) in [5.74, 6) is -0.188. The van der Waals surface area contributed by atoms with Gasteiger partial charge in [-0.05, 0) is 65.4 Å². The summed E-state index contributed by atoms with van der Waals surface area (Å²) in [6, 6.07) is 13.4. The minimum Gasteiger partial charge on any atom is -0.454 e. The number of guanidine groups is 1. The van der Waals surface area contributed by atoms with Gasteiger partial charge in [0.05, 0.1) is 23.1 Å². The van der Waals surface area contributed by atoms with E-state index in [4.69, 9.17) is 14.9 Å². The molecule has 2 atom stereocenters. The van der Waals surface area contributed by atoms with E-state index < -0.39 is 17.3 Å². The van der Waals surface area contributed by atoms with Crippen LogP contribution in [0.25, 0.3) is 11.1 Å². The molecular formula is C24H19FN4O3S. The predicted octanol–water partition coefficient (Wildman–Crippen LogP) is 4.15. The number of halogens is 1. The first kappa shape index (κ1) is 21.0. The zero-order chi connectivity index (χ0) is 23.3. The van der Waals surface area contributed by atoms with Crippen LogP contribution in [-0.4, -0.2) is 30.6 Å². The van der Waals surface area contributed by atoms with Gasteiger partial charge in [0.2, 0.25) is 12.7 Å². The molecule has 2 aliphatic rings. The molecule has 166 valence electrons. The predicted molar refractivity (Wildman–Crippen MR) is 121 cm³/mol. The van der Waals surface area contributed by atoms with Crippen molar-refractivity contribution in [1.29, 1.82) is 10.7 Å². The highest BCUT2D eigenvalue weighted by molar-refractivity contribution is 7.10. The summed E-state index contributed by atoms with van der Waals surface area (Å²) in [5.41, 5.74) is 1.33. The van der Waals surface area contributed by atoms with E-state index in [0.29, 0.717) is 17.1 Å². The molecule has 1 fully saturated rings. The highest BCUT2D eigenvalue weighted by atomic mass is 32.1. The number of likely N-dealkylation sites (N-methyl/N-ethyl adjacent to an activating group) is 1.